The zero-order chi connectivity index (χ0) is 15.2. The largest absolute Gasteiger partial charge is 0.319 e. The van der Waals surface area contributed by atoms with Gasteiger partial charge in [0.2, 0.25) is 0 Å². The van der Waals surface area contributed by atoms with Crippen molar-refractivity contribution in [2.75, 3.05) is 13.6 Å². The predicted molar refractivity (Wildman–Crippen MR) is 82.6 cm³/mol. The first-order valence-electron chi connectivity index (χ1n) is 6.92. The topological polar surface area (TPSA) is 12.0 Å². The fraction of sp³-hybridized carbons (Fsp3) is 0.294. The second kappa shape index (κ2) is 7.53. The van der Waals surface area contributed by atoms with Crippen molar-refractivity contribution in [3.8, 4) is 0 Å². The number of halogens is 3. The summed E-state index contributed by atoms with van der Waals surface area (Å²) in [6, 6.07) is 11.4. The quantitative estimate of drug-likeness (QED) is 0.841. The van der Waals surface area contributed by atoms with Crippen molar-refractivity contribution in [1.29, 1.82) is 0 Å². The summed E-state index contributed by atoms with van der Waals surface area (Å²) in [5, 5.41) is 3.30. The van der Waals surface area contributed by atoms with Crippen LogP contribution in [0.2, 0.25) is 5.02 Å². The highest BCUT2D eigenvalue weighted by atomic mass is 35.5. The van der Waals surface area contributed by atoms with E-state index in [9.17, 15) is 8.78 Å². The molecule has 4 heteroatoms. The average molecular weight is 310 g/mol. The maximum absolute atomic E-state index is 13.5. The van der Waals surface area contributed by atoms with Gasteiger partial charge in [-0.15, -0.1) is 0 Å². The minimum atomic E-state index is -0.400. The third kappa shape index (κ3) is 4.51. The normalized spacial score (nSPS) is 12.4. The smallest absolute Gasteiger partial charge is 0.142 e. The minimum absolute atomic E-state index is 0.179. The van der Waals surface area contributed by atoms with Crippen molar-refractivity contribution in [3.63, 3.8) is 0 Å². The first-order chi connectivity index (χ1) is 10.1. The molecule has 0 bridgehead atoms. The molecular formula is C17H18ClF2N. The van der Waals surface area contributed by atoms with Gasteiger partial charge in [-0.3, -0.25) is 0 Å². The van der Waals surface area contributed by atoms with E-state index in [1.165, 1.54) is 18.2 Å². The van der Waals surface area contributed by atoms with Gasteiger partial charge in [0.15, 0.2) is 0 Å². The van der Waals surface area contributed by atoms with Gasteiger partial charge in [0.25, 0.3) is 0 Å². The van der Waals surface area contributed by atoms with Crippen molar-refractivity contribution in [3.05, 3.63) is 70.2 Å². The lowest BCUT2D eigenvalue weighted by atomic mass is 9.92. The summed E-state index contributed by atoms with van der Waals surface area (Å²) in [5.41, 5.74) is 1.72. The summed E-state index contributed by atoms with van der Waals surface area (Å²) in [6.07, 6.45) is 1.36. The maximum atomic E-state index is 13.5. The van der Waals surface area contributed by atoms with E-state index < -0.39 is 5.82 Å². The van der Waals surface area contributed by atoms with E-state index in [1.54, 1.807) is 12.1 Å². The van der Waals surface area contributed by atoms with Gasteiger partial charge in [-0.25, -0.2) is 8.78 Å². The number of hydrogen-bond acceptors (Lipinski definition) is 1. The van der Waals surface area contributed by atoms with Crippen molar-refractivity contribution >= 4 is 11.6 Å². The van der Waals surface area contributed by atoms with Crippen LogP contribution in [-0.4, -0.2) is 13.6 Å². The molecule has 0 aliphatic heterocycles. The highest BCUT2D eigenvalue weighted by Gasteiger charge is 2.14. The number of nitrogens with one attached hydrogen (secondary N) is 1. The summed E-state index contributed by atoms with van der Waals surface area (Å²) in [6.45, 7) is 0.753. The van der Waals surface area contributed by atoms with Crippen LogP contribution < -0.4 is 5.32 Å². The molecule has 0 aliphatic rings. The van der Waals surface area contributed by atoms with Gasteiger partial charge in [0.1, 0.15) is 11.6 Å². The van der Waals surface area contributed by atoms with Crippen molar-refractivity contribution in [1.82, 2.24) is 5.32 Å². The Hall–Kier alpha value is -1.45. The van der Waals surface area contributed by atoms with Crippen LogP contribution in [0.25, 0.3) is 0 Å². The van der Waals surface area contributed by atoms with Crippen molar-refractivity contribution < 1.29 is 8.78 Å². The van der Waals surface area contributed by atoms with Crippen LogP contribution in [0.3, 0.4) is 0 Å². The van der Waals surface area contributed by atoms with Crippen LogP contribution >= 0.6 is 11.6 Å². The molecule has 0 fully saturated rings. The Morgan fingerprint density at radius 1 is 1.10 bits per heavy atom. The SMILES string of the molecule is CNCC(Cc1cccc(F)c1)Cc1cccc(F)c1Cl. The summed E-state index contributed by atoms with van der Waals surface area (Å²) in [5.74, 6) is -0.418. The third-order valence-electron chi connectivity index (χ3n) is 3.45. The molecule has 0 aliphatic carbocycles. The van der Waals surface area contributed by atoms with Gasteiger partial charge >= 0.3 is 0 Å². The lowest BCUT2D eigenvalue weighted by molar-refractivity contribution is 0.490. The Balaban J connectivity index is 2.13. The molecule has 0 heterocycles. The first kappa shape index (κ1) is 15.9. The monoisotopic (exact) mass is 309 g/mol. The van der Waals surface area contributed by atoms with Crippen LogP contribution in [-0.2, 0) is 12.8 Å². The first-order valence-corrected chi connectivity index (χ1v) is 7.30. The minimum Gasteiger partial charge on any atom is -0.319 e. The number of rotatable bonds is 6. The highest BCUT2D eigenvalue weighted by Crippen LogP contribution is 2.24. The fourth-order valence-corrected chi connectivity index (χ4v) is 2.72. The second-order valence-corrected chi connectivity index (χ2v) is 5.55. The predicted octanol–water partition coefficient (Wildman–Crippen LogP) is 4.24. The van der Waals surface area contributed by atoms with Gasteiger partial charge in [0, 0.05) is 0 Å². The molecule has 112 valence electrons. The fourth-order valence-electron chi connectivity index (χ4n) is 2.52. The molecule has 0 amide bonds. The number of hydrogen-bond donors (Lipinski definition) is 1. The summed E-state index contributed by atoms with van der Waals surface area (Å²) >= 11 is 6.01. The molecule has 2 aromatic rings. The van der Waals surface area contributed by atoms with Crippen LogP contribution in [0.5, 0.6) is 0 Å². The Labute approximate surface area is 128 Å². The van der Waals surface area contributed by atoms with E-state index in [1.807, 2.05) is 19.2 Å². The molecule has 1 atom stereocenters. The highest BCUT2D eigenvalue weighted by molar-refractivity contribution is 6.31. The maximum Gasteiger partial charge on any atom is 0.142 e. The molecule has 1 N–H and O–H groups in total. The Morgan fingerprint density at radius 2 is 1.86 bits per heavy atom. The standard InChI is InChI=1S/C17H18ClF2N/c1-21-11-13(8-12-4-2-6-15(19)10-12)9-14-5-3-7-16(20)17(14)18/h2-7,10,13,21H,8-9,11H2,1H3. The molecule has 0 saturated carbocycles. The zero-order valence-electron chi connectivity index (χ0n) is 11.9. The molecular weight excluding hydrogens is 292 g/mol. The molecule has 1 nitrogen and oxygen atoms in total. The van der Waals surface area contributed by atoms with E-state index in [4.69, 9.17) is 11.6 Å². The summed E-state index contributed by atoms with van der Waals surface area (Å²) in [4.78, 5) is 0. The Bertz CT molecular complexity index is 601. The van der Waals surface area contributed by atoms with E-state index in [0.29, 0.717) is 12.8 Å². The average Bonchev–Trinajstić information content (AvgIpc) is 2.44. The van der Waals surface area contributed by atoms with E-state index in [-0.39, 0.29) is 16.8 Å². The van der Waals surface area contributed by atoms with Crippen LogP contribution in [0.4, 0.5) is 8.78 Å². The lowest BCUT2D eigenvalue weighted by Crippen LogP contribution is -2.23. The van der Waals surface area contributed by atoms with E-state index in [0.717, 1.165) is 17.7 Å². The molecule has 0 aromatic heterocycles. The number of benzene rings is 2. The molecule has 1 unspecified atom stereocenters. The van der Waals surface area contributed by atoms with Gasteiger partial charge in [-0.2, -0.15) is 0 Å². The zero-order valence-corrected chi connectivity index (χ0v) is 12.6. The Kier molecular flexibility index (Phi) is 5.71. The summed E-state index contributed by atoms with van der Waals surface area (Å²) in [7, 11) is 1.87. The van der Waals surface area contributed by atoms with Crippen molar-refractivity contribution in [2.45, 2.75) is 12.8 Å². The Morgan fingerprint density at radius 3 is 2.57 bits per heavy atom. The lowest BCUT2D eigenvalue weighted by Gasteiger charge is -2.18. The van der Waals surface area contributed by atoms with Crippen molar-refractivity contribution in [2.24, 2.45) is 5.92 Å². The molecule has 2 aromatic carbocycles. The van der Waals surface area contributed by atoms with Gasteiger partial charge in [-0.05, 0) is 61.7 Å². The third-order valence-corrected chi connectivity index (χ3v) is 3.87. The van der Waals surface area contributed by atoms with Crippen LogP contribution in [0.15, 0.2) is 42.5 Å². The van der Waals surface area contributed by atoms with E-state index in [2.05, 4.69) is 5.32 Å². The summed E-state index contributed by atoms with van der Waals surface area (Å²) < 4.78 is 26.8. The van der Waals surface area contributed by atoms with E-state index >= 15 is 0 Å². The van der Waals surface area contributed by atoms with Crippen LogP contribution in [0, 0.1) is 17.6 Å². The van der Waals surface area contributed by atoms with Gasteiger partial charge in [-0.1, -0.05) is 35.9 Å². The molecule has 2 rings (SSSR count). The van der Waals surface area contributed by atoms with Crippen LogP contribution in [0.1, 0.15) is 11.1 Å². The molecule has 21 heavy (non-hydrogen) atoms. The van der Waals surface area contributed by atoms with Gasteiger partial charge < -0.3 is 5.32 Å². The van der Waals surface area contributed by atoms with Gasteiger partial charge in [0.05, 0.1) is 5.02 Å². The molecule has 0 saturated heterocycles. The molecule has 0 radical (unpaired) electrons. The second-order valence-electron chi connectivity index (χ2n) is 5.17. The molecule has 0 spiro atoms.